The van der Waals surface area contributed by atoms with E-state index in [4.69, 9.17) is 5.11 Å². The van der Waals surface area contributed by atoms with Crippen LogP contribution in [0.5, 0.6) is 0 Å². The molecule has 1 N–H and O–H groups in total. The maximum atomic E-state index is 10.9. The standard InChI is InChI=1S/C9H10O3.K.H/c1-12-9(11)8-4-2-7(6-10)3-5-8;;/h2-5,10H,6H2,1H3;;/q;+1;-1. The molecule has 1 rings (SSSR count). The van der Waals surface area contributed by atoms with Gasteiger partial charge in [-0.05, 0) is 17.7 Å². The maximum absolute atomic E-state index is 10.9. The van der Waals surface area contributed by atoms with Crippen molar-refractivity contribution in [1.29, 1.82) is 0 Å². The van der Waals surface area contributed by atoms with Gasteiger partial charge in [-0.3, -0.25) is 0 Å². The molecule has 66 valence electrons. The van der Waals surface area contributed by atoms with E-state index in [1.165, 1.54) is 7.11 Å². The zero-order chi connectivity index (χ0) is 8.97. The van der Waals surface area contributed by atoms with Crippen molar-refractivity contribution in [2.45, 2.75) is 6.61 Å². The van der Waals surface area contributed by atoms with E-state index in [2.05, 4.69) is 4.74 Å². The molecule has 0 radical (unpaired) electrons. The first-order chi connectivity index (χ1) is 5.77. The summed E-state index contributed by atoms with van der Waals surface area (Å²) in [7, 11) is 1.34. The van der Waals surface area contributed by atoms with Crippen LogP contribution >= 0.6 is 0 Å². The predicted molar refractivity (Wildman–Crippen MR) is 44.8 cm³/mol. The maximum Gasteiger partial charge on any atom is 1.00 e. The van der Waals surface area contributed by atoms with E-state index >= 15 is 0 Å². The third-order valence-corrected chi connectivity index (χ3v) is 1.56. The number of aliphatic hydroxyl groups is 1. The third-order valence-electron chi connectivity index (χ3n) is 1.56. The molecule has 0 bridgehead atoms. The van der Waals surface area contributed by atoms with E-state index in [9.17, 15) is 4.79 Å². The number of hydrogen-bond acceptors (Lipinski definition) is 3. The van der Waals surface area contributed by atoms with Gasteiger partial charge in [0, 0.05) is 0 Å². The summed E-state index contributed by atoms with van der Waals surface area (Å²) in [5.41, 5.74) is 1.28. The number of benzene rings is 1. The van der Waals surface area contributed by atoms with Gasteiger partial charge in [-0.15, -0.1) is 0 Å². The molecule has 0 atom stereocenters. The molecule has 0 spiro atoms. The van der Waals surface area contributed by atoms with Crippen molar-refractivity contribution in [3.63, 3.8) is 0 Å². The van der Waals surface area contributed by atoms with Gasteiger partial charge in [0.1, 0.15) is 0 Å². The van der Waals surface area contributed by atoms with Gasteiger partial charge in [0.25, 0.3) is 0 Å². The van der Waals surface area contributed by atoms with Gasteiger partial charge in [0.15, 0.2) is 0 Å². The normalized spacial score (nSPS) is 8.77. The molecular weight excluding hydrogens is 195 g/mol. The number of methoxy groups -OCH3 is 1. The summed E-state index contributed by atoms with van der Waals surface area (Å²) < 4.78 is 4.51. The molecule has 0 aliphatic rings. The average molecular weight is 206 g/mol. The molecule has 0 saturated heterocycles. The second-order valence-corrected chi connectivity index (χ2v) is 2.35. The Morgan fingerprint density at radius 3 is 2.38 bits per heavy atom. The Morgan fingerprint density at radius 2 is 2.00 bits per heavy atom. The van der Waals surface area contributed by atoms with Crippen molar-refractivity contribution in [2.24, 2.45) is 0 Å². The SMILES string of the molecule is COC(=O)c1ccc(CO)cc1.[H-].[K+]. The van der Waals surface area contributed by atoms with Crippen LogP contribution in [0.15, 0.2) is 24.3 Å². The van der Waals surface area contributed by atoms with E-state index < -0.39 is 0 Å². The molecular formula is C9H11KO3. The van der Waals surface area contributed by atoms with Gasteiger partial charge in [-0.1, -0.05) is 12.1 Å². The first-order valence-electron chi connectivity index (χ1n) is 3.56. The first kappa shape index (κ1) is 13.3. The molecule has 0 aromatic heterocycles. The Kier molecular flexibility index (Phi) is 6.85. The van der Waals surface area contributed by atoms with Gasteiger partial charge >= 0.3 is 57.4 Å². The van der Waals surface area contributed by atoms with Gasteiger partial charge in [-0.25, -0.2) is 4.79 Å². The molecule has 0 aliphatic carbocycles. The van der Waals surface area contributed by atoms with Crippen LogP contribution in [0.4, 0.5) is 0 Å². The van der Waals surface area contributed by atoms with Crippen molar-refractivity contribution < 1.29 is 67.4 Å². The fraction of sp³-hybridized carbons (Fsp3) is 0.222. The van der Waals surface area contributed by atoms with Crippen LogP contribution in [0.3, 0.4) is 0 Å². The Hall–Kier alpha value is 0.286. The average Bonchev–Trinajstić information content (AvgIpc) is 2.17. The molecule has 0 saturated carbocycles. The topological polar surface area (TPSA) is 46.5 Å². The number of hydrogen-bond donors (Lipinski definition) is 1. The van der Waals surface area contributed by atoms with Crippen LogP contribution in [-0.2, 0) is 11.3 Å². The largest absolute Gasteiger partial charge is 1.00 e. The summed E-state index contributed by atoms with van der Waals surface area (Å²) >= 11 is 0. The van der Waals surface area contributed by atoms with E-state index in [0.29, 0.717) is 5.56 Å². The van der Waals surface area contributed by atoms with E-state index in [1.807, 2.05) is 0 Å². The van der Waals surface area contributed by atoms with Crippen molar-refractivity contribution in [3.05, 3.63) is 35.4 Å². The van der Waals surface area contributed by atoms with Crippen molar-refractivity contribution in [1.82, 2.24) is 0 Å². The summed E-state index contributed by atoms with van der Waals surface area (Å²) in [4.78, 5) is 10.9. The first-order valence-corrected chi connectivity index (χ1v) is 3.56. The summed E-state index contributed by atoms with van der Waals surface area (Å²) in [6.07, 6.45) is 0. The number of rotatable bonds is 2. The fourth-order valence-electron chi connectivity index (χ4n) is 0.864. The molecule has 0 fully saturated rings. The zero-order valence-corrected chi connectivity index (χ0v) is 10.9. The second-order valence-electron chi connectivity index (χ2n) is 2.35. The molecule has 0 amide bonds. The summed E-state index contributed by atoms with van der Waals surface area (Å²) in [5.74, 6) is -0.362. The molecule has 3 nitrogen and oxygen atoms in total. The molecule has 1 aromatic rings. The van der Waals surface area contributed by atoms with E-state index in [0.717, 1.165) is 5.56 Å². The van der Waals surface area contributed by atoms with E-state index in [-0.39, 0.29) is 65.4 Å². The zero-order valence-electron chi connectivity index (χ0n) is 8.78. The van der Waals surface area contributed by atoms with Crippen LogP contribution in [0.25, 0.3) is 0 Å². The van der Waals surface area contributed by atoms with Gasteiger partial charge in [0.2, 0.25) is 0 Å². The minimum atomic E-state index is -0.362. The van der Waals surface area contributed by atoms with Crippen molar-refractivity contribution in [3.8, 4) is 0 Å². The Morgan fingerprint density at radius 1 is 1.46 bits per heavy atom. The van der Waals surface area contributed by atoms with Crippen molar-refractivity contribution >= 4 is 5.97 Å². The van der Waals surface area contributed by atoms with E-state index in [1.54, 1.807) is 24.3 Å². The monoisotopic (exact) mass is 206 g/mol. The Bertz CT molecular complexity index is 274. The number of carbonyl (C=O) groups is 1. The molecule has 1 aromatic carbocycles. The summed E-state index contributed by atoms with van der Waals surface area (Å²) in [6.45, 7) is -0.0124. The van der Waals surface area contributed by atoms with Gasteiger partial charge in [-0.2, -0.15) is 0 Å². The number of carbonyl (C=O) groups excluding carboxylic acids is 1. The number of ether oxygens (including phenoxy) is 1. The fourth-order valence-corrected chi connectivity index (χ4v) is 0.864. The molecule has 0 aliphatic heterocycles. The molecule has 13 heavy (non-hydrogen) atoms. The summed E-state index contributed by atoms with van der Waals surface area (Å²) in [6, 6.07) is 6.62. The smallest absolute Gasteiger partial charge is 1.00 e. The van der Waals surface area contributed by atoms with Crippen LogP contribution in [0.2, 0.25) is 0 Å². The Labute approximate surface area is 121 Å². The Balaban J connectivity index is 0. The number of aliphatic hydroxyl groups excluding tert-OH is 1. The van der Waals surface area contributed by atoms with Crippen LogP contribution in [0.1, 0.15) is 17.3 Å². The van der Waals surface area contributed by atoms with Crippen LogP contribution < -0.4 is 51.4 Å². The molecule has 0 heterocycles. The molecule has 4 heteroatoms. The van der Waals surface area contributed by atoms with Crippen LogP contribution in [0, 0.1) is 0 Å². The predicted octanol–water partition coefficient (Wildman–Crippen LogP) is -1.92. The number of esters is 1. The summed E-state index contributed by atoms with van der Waals surface area (Å²) in [5, 5.41) is 8.71. The molecule has 0 unspecified atom stereocenters. The van der Waals surface area contributed by atoms with Crippen molar-refractivity contribution in [2.75, 3.05) is 7.11 Å². The van der Waals surface area contributed by atoms with Gasteiger partial charge in [0.05, 0.1) is 19.3 Å². The third kappa shape index (κ3) is 3.89. The van der Waals surface area contributed by atoms with Gasteiger partial charge < -0.3 is 11.3 Å². The van der Waals surface area contributed by atoms with Crippen LogP contribution in [-0.4, -0.2) is 18.2 Å². The quantitative estimate of drug-likeness (QED) is 0.453. The second kappa shape index (κ2) is 6.70. The minimum Gasteiger partial charge on any atom is -1.00 e. The minimum absolute atomic E-state index is 0.